The fourth-order valence-corrected chi connectivity index (χ4v) is 4.22. The normalized spacial score (nSPS) is 14.6. The van der Waals surface area contributed by atoms with Gasteiger partial charge in [0.15, 0.2) is 0 Å². The first-order chi connectivity index (χ1) is 13.3. The van der Waals surface area contributed by atoms with E-state index < -0.39 is 0 Å². The number of rotatable bonds is 6. The van der Waals surface area contributed by atoms with Crippen LogP contribution >= 0.6 is 11.8 Å². The molecule has 2 aromatic rings. The van der Waals surface area contributed by atoms with Gasteiger partial charge in [-0.2, -0.15) is 0 Å². The lowest BCUT2D eigenvalue weighted by Gasteiger charge is -2.16. The second-order valence-corrected chi connectivity index (χ2v) is 8.39. The van der Waals surface area contributed by atoms with Crippen molar-refractivity contribution < 1.29 is 14.7 Å². The number of benzene rings is 2. The van der Waals surface area contributed by atoms with Crippen LogP contribution in [0.25, 0.3) is 5.57 Å². The first kappa shape index (κ1) is 20.4. The number of carbonyl (C=O) groups is 2. The van der Waals surface area contributed by atoms with Gasteiger partial charge in [0, 0.05) is 5.75 Å². The summed E-state index contributed by atoms with van der Waals surface area (Å²) in [5.41, 5.74) is 4.97. The Hall–Kier alpha value is -2.37. The van der Waals surface area contributed by atoms with Crippen LogP contribution in [0.2, 0.25) is 0 Å². The molecule has 0 saturated carbocycles. The summed E-state index contributed by atoms with van der Waals surface area (Å²) < 4.78 is 0. The van der Waals surface area contributed by atoms with E-state index in [1.54, 1.807) is 0 Å². The molecule has 146 valence electrons. The summed E-state index contributed by atoms with van der Waals surface area (Å²) in [6.07, 6.45) is 0. The molecule has 3 rings (SSSR count). The second kappa shape index (κ2) is 8.33. The van der Waals surface area contributed by atoms with Gasteiger partial charge in [-0.1, -0.05) is 49.7 Å². The van der Waals surface area contributed by atoms with E-state index in [0.717, 1.165) is 22.3 Å². The molecular formula is C23H25NO3S. The molecule has 0 atom stereocenters. The van der Waals surface area contributed by atoms with Gasteiger partial charge in [0.25, 0.3) is 11.8 Å². The summed E-state index contributed by atoms with van der Waals surface area (Å²) in [5, 5.41) is 9.24. The Bertz CT molecular complexity index is 945. The fraction of sp³-hybridized carbons (Fsp3) is 0.304. The van der Waals surface area contributed by atoms with Gasteiger partial charge in [0.05, 0.1) is 22.8 Å². The number of imide groups is 1. The maximum Gasteiger partial charge on any atom is 0.272 e. The van der Waals surface area contributed by atoms with E-state index in [2.05, 4.69) is 13.8 Å². The van der Waals surface area contributed by atoms with Crippen molar-refractivity contribution in [3.63, 3.8) is 0 Å². The number of hydrogen-bond acceptors (Lipinski definition) is 4. The average molecular weight is 396 g/mol. The Labute approximate surface area is 170 Å². The largest absolute Gasteiger partial charge is 0.396 e. The smallest absolute Gasteiger partial charge is 0.272 e. The zero-order valence-electron chi connectivity index (χ0n) is 16.7. The molecule has 0 radical (unpaired) electrons. The molecule has 0 aliphatic carbocycles. The standard InChI is InChI=1S/C23H25NO3S/c1-14(2)17-6-8-18(9-7-17)24-22(26)20(21(23(24)27)28-12-11-25)19-10-5-15(3)13-16(19)4/h5-10,13-14,25H,11-12H2,1-4H3. The van der Waals surface area contributed by atoms with Crippen molar-refractivity contribution in [1.82, 2.24) is 0 Å². The predicted octanol–water partition coefficient (Wildman–Crippen LogP) is 4.44. The zero-order valence-corrected chi connectivity index (χ0v) is 17.5. The molecule has 2 amide bonds. The van der Waals surface area contributed by atoms with Crippen LogP contribution in [0.3, 0.4) is 0 Å². The molecule has 28 heavy (non-hydrogen) atoms. The quantitative estimate of drug-likeness (QED) is 0.735. The molecule has 1 N–H and O–H groups in total. The number of aliphatic hydroxyl groups excluding tert-OH is 1. The fourth-order valence-electron chi connectivity index (χ4n) is 3.37. The molecule has 0 aromatic heterocycles. The highest BCUT2D eigenvalue weighted by Crippen LogP contribution is 2.39. The van der Waals surface area contributed by atoms with E-state index in [1.807, 2.05) is 56.3 Å². The molecule has 0 fully saturated rings. The number of carbonyl (C=O) groups excluding carboxylic acids is 2. The lowest BCUT2D eigenvalue weighted by atomic mass is 9.98. The molecular weight excluding hydrogens is 370 g/mol. The molecule has 1 aliphatic rings. The topological polar surface area (TPSA) is 57.6 Å². The Morgan fingerprint density at radius 3 is 2.25 bits per heavy atom. The number of nitrogens with zero attached hydrogens (tertiary/aromatic N) is 1. The van der Waals surface area contributed by atoms with Crippen molar-refractivity contribution in [2.45, 2.75) is 33.6 Å². The predicted molar refractivity (Wildman–Crippen MR) is 115 cm³/mol. The molecule has 0 unspecified atom stereocenters. The van der Waals surface area contributed by atoms with Gasteiger partial charge in [-0.3, -0.25) is 9.59 Å². The molecule has 4 nitrogen and oxygen atoms in total. The molecule has 0 saturated heterocycles. The highest BCUT2D eigenvalue weighted by Gasteiger charge is 2.40. The van der Waals surface area contributed by atoms with Crippen molar-refractivity contribution in [3.05, 3.63) is 69.6 Å². The lowest BCUT2D eigenvalue weighted by Crippen LogP contribution is -2.31. The van der Waals surface area contributed by atoms with Crippen LogP contribution in [-0.2, 0) is 9.59 Å². The van der Waals surface area contributed by atoms with Gasteiger partial charge >= 0.3 is 0 Å². The van der Waals surface area contributed by atoms with E-state index >= 15 is 0 Å². The van der Waals surface area contributed by atoms with Crippen LogP contribution in [0, 0.1) is 13.8 Å². The molecule has 5 heteroatoms. The Balaban J connectivity index is 2.06. The lowest BCUT2D eigenvalue weighted by molar-refractivity contribution is -0.119. The third-order valence-corrected chi connectivity index (χ3v) is 5.90. The molecule has 1 aliphatic heterocycles. The van der Waals surface area contributed by atoms with Crippen molar-refractivity contribution in [3.8, 4) is 0 Å². The SMILES string of the molecule is Cc1ccc(C2=C(SCCO)C(=O)N(c3ccc(C(C)C)cc3)C2=O)c(C)c1. The molecule has 1 heterocycles. The molecule has 0 bridgehead atoms. The molecule has 0 spiro atoms. The number of thioether (sulfide) groups is 1. The van der Waals surface area contributed by atoms with Crippen LogP contribution in [0.1, 0.15) is 42.0 Å². The third kappa shape index (κ3) is 3.77. The number of aryl methyl sites for hydroxylation is 2. The summed E-state index contributed by atoms with van der Waals surface area (Å²) in [6, 6.07) is 13.4. The van der Waals surface area contributed by atoms with Crippen LogP contribution in [0.5, 0.6) is 0 Å². The molecule has 2 aromatic carbocycles. The van der Waals surface area contributed by atoms with Crippen LogP contribution in [-0.4, -0.2) is 29.3 Å². The minimum Gasteiger partial charge on any atom is -0.396 e. The summed E-state index contributed by atoms with van der Waals surface area (Å²) in [7, 11) is 0. The Kier molecular flexibility index (Phi) is 6.06. The second-order valence-electron chi connectivity index (χ2n) is 7.29. The maximum atomic E-state index is 13.3. The Morgan fingerprint density at radius 1 is 1.00 bits per heavy atom. The monoisotopic (exact) mass is 395 g/mol. The maximum absolute atomic E-state index is 13.3. The van der Waals surface area contributed by atoms with Gasteiger partial charge in [0.1, 0.15) is 0 Å². The first-order valence-corrected chi connectivity index (χ1v) is 10.4. The van der Waals surface area contributed by atoms with Crippen molar-refractivity contribution in [2.75, 3.05) is 17.3 Å². The van der Waals surface area contributed by atoms with Gasteiger partial charge in [-0.05, 0) is 48.6 Å². The van der Waals surface area contributed by atoms with Gasteiger partial charge in [-0.25, -0.2) is 4.90 Å². The van der Waals surface area contributed by atoms with E-state index in [1.165, 1.54) is 16.7 Å². The number of hydrogen-bond donors (Lipinski definition) is 1. The van der Waals surface area contributed by atoms with Gasteiger partial charge in [0.2, 0.25) is 0 Å². The van der Waals surface area contributed by atoms with E-state index in [9.17, 15) is 14.7 Å². The summed E-state index contributed by atoms with van der Waals surface area (Å²) >= 11 is 1.24. The van der Waals surface area contributed by atoms with E-state index in [0.29, 0.717) is 27.8 Å². The first-order valence-electron chi connectivity index (χ1n) is 9.39. The summed E-state index contributed by atoms with van der Waals surface area (Å²) in [6.45, 7) is 8.09. The van der Waals surface area contributed by atoms with Crippen molar-refractivity contribution >= 4 is 34.8 Å². The van der Waals surface area contributed by atoms with E-state index in [-0.39, 0.29) is 18.4 Å². The van der Waals surface area contributed by atoms with Crippen LogP contribution < -0.4 is 4.90 Å². The minimum atomic E-state index is -0.323. The van der Waals surface area contributed by atoms with Gasteiger partial charge < -0.3 is 5.11 Å². The number of amides is 2. The highest BCUT2D eigenvalue weighted by molar-refractivity contribution is 8.04. The minimum absolute atomic E-state index is 0.0567. The van der Waals surface area contributed by atoms with Crippen LogP contribution in [0.15, 0.2) is 47.4 Å². The van der Waals surface area contributed by atoms with Crippen molar-refractivity contribution in [1.29, 1.82) is 0 Å². The van der Waals surface area contributed by atoms with Gasteiger partial charge in [-0.15, -0.1) is 11.8 Å². The average Bonchev–Trinajstić information content (AvgIpc) is 2.90. The Morgan fingerprint density at radius 2 is 1.68 bits per heavy atom. The van der Waals surface area contributed by atoms with Crippen LogP contribution in [0.4, 0.5) is 5.69 Å². The highest BCUT2D eigenvalue weighted by atomic mass is 32.2. The van der Waals surface area contributed by atoms with E-state index in [4.69, 9.17) is 0 Å². The number of anilines is 1. The zero-order chi connectivity index (χ0) is 20.4. The summed E-state index contributed by atoms with van der Waals surface area (Å²) in [4.78, 5) is 28.1. The summed E-state index contributed by atoms with van der Waals surface area (Å²) in [5.74, 6) is 0.104. The van der Waals surface area contributed by atoms with Crippen molar-refractivity contribution in [2.24, 2.45) is 0 Å². The third-order valence-electron chi connectivity index (χ3n) is 4.85. The number of aliphatic hydroxyl groups is 1.